The van der Waals surface area contributed by atoms with Crippen LogP contribution in [-0.4, -0.2) is 25.8 Å². The average molecular weight is 296 g/mol. The van der Waals surface area contributed by atoms with Gasteiger partial charge in [-0.2, -0.15) is 12.7 Å². The third-order valence-corrected chi connectivity index (χ3v) is 5.15. The monoisotopic (exact) mass is 296 g/mol. The van der Waals surface area contributed by atoms with Crippen LogP contribution < -0.4 is 4.72 Å². The summed E-state index contributed by atoms with van der Waals surface area (Å²) in [7, 11) is -3.44. The van der Waals surface area contributed by atoms with Gasteiger partial charge in [-0.1, -0.05) is 45.4 Å². The van der Waals surface area contributed by atoms with Crippen LogP contribution in [-0.2, 0) is 15.6 Å². The number of nitrogens with zero attached hydrogens (tertiary/aromatic N) is 1. The first-order valence-electron chi connectivity index (χ1n) is 7.18. The fraction of sp³-hybridized carbons (Fsp3) is 0.600. The van der Waals surface area contributed by atoms with Gasteiger partial charge in [0.25, 0.3) is 0 Å². The average Bonchev–Trinajstić information content (AvgIpc) is 2.39. The molecule has 1 aliphatic rings. The third-order valence-electron chi connectivity index (χ3n) is 3.63. The molecule has 0 unspecified atom stereocenters. The minimum absolute atomic E-state index is 0.0962. The molecule has 1 aromatic rings. The van der Waals surface area contributed by atoms with E-state index in [9.17, 15) is 8.42 Å². The zero-order chi connectivity index (χ0) is 14.8. The highest BCUT2D eigenvalue weighted by Crippen LogP contribution is 2.30. The minimum Gasteiger partial charge on any atom is -0.271 e. The molecular weight excluding hydrogens is 272 g/mol. The van der Waals surface area contributed by atoms with Gasteiger partial charge in [-0.3, -0.25) is 4.72 Å². The maximum Gasteiger partial charge on any atom is 0.301 e. The van der Waals surface area contributed by atoms with Crippen LogP contribution in [0.2, 0.25) is 0 Å². The van der Waals surface area contributed by atoms with Gasteiger partial charge in [0.2, 0.25) is 0 Å². The summed E-state index contributed by atoms with van der Waals surface area (Å²) in [6, 6.07) is 7.62. The van der Waals surface area contributed by atoms with Crippen molar-refractivity contribution in [2.45, 2.75) is 45.4 Å². The molecule has 1 aliphatic heterocycles. The summed E-state index contributed by atoms with van der Waals surface area (Å²) < 4.78 is 29.2. The highest BCUT2D eigenvalue weighted by Gasteiger charge is 2.26. The molecule has 1 saturated heterocycles. The predicted molar refractivity (Wildman–Crippen MR) is 83.1 cm³/mol. The van der Waals surface area contributed by atoms with E-state index < -0.39 is 10.2 Å². The number of benzene rings is 1. The van der Waals surface area contributed by atoms with E-state index in [-0.39, 0.29) is 5.41 Å². The summed E-state index contributed by atoms with van der Waals surface area (Å²) in [6.45, 7) is 7.49. The lowest BCUT2D eigenvalue weighted by Crippen LogP contribution is -2.39. The number of para-hydroxylation sites is 1. The van der Waals surface area contributed by atoms with Crippen molar-refractivity contribution in [1.29, 1.82) is 0 Å². The van der Waals surface area contributed by atoms with Crippen LogP contribution in [0.4, 0.5) is 5.69 Å². The molecule has 1 aromatic carbocycles. The smallest absolute Gasteiger partial charge is 0.271 e. The van der Waals surface area contributed by atoms with Gasteiger partial charge < -0.3 is 0 Å². The Morgan fingerprint density at radius 2 is 1.65 bits per heavy atom. The first kappa shape index (κ1) is 15.3. The lowest BCUT2D eigenvalue weighted by Gasteiger charge is -2.28. The van der Waals surface area contributed by atoms with E-state index >= 15 is 0 Å². The third kappa shape index (κ3) is 3.52. The van der Waals surface area contributed by atoms with E-state index in [0.717, 1.165) is 24.8 Å². The molecule has 0 radical (unpaired) electrons. The number of nitrogens with one attached hydrogen (secondary N) is 1. The number of hydrogen-bond acceptors (Lipinski definition) is 2. The quantitative estimate of drug-likeness (QED) is 0.931. The second-order valence-electron chi connectivity index (χ2n) is 6.36. The van der Waals surface area contributed by atoms with Crippen LogP contribution >= 0.6 is 0 Å². The molecule has 112 valence electrons. The van der Waals surface area contributed by atoms with Crippen LogP contribution in [0.5, 0.6) is 0 Å². The molecule has 1 heterocycles. The molecule has 0 bridgehead atoms. The van der Waals surface area contributed by atoms with Gasteiger partial charge in [0.05, 0.1) is 5.69 Å². The van der Waals surface area contributed by atoms with Gasteiger partial charge in [-0.15, -0.1) is 0 Å². The lowest BCUT2D eigenvalue weighted by molar-refractivity contribution is 0.349. The van der Waals surface area contributed by atoms with Crippen LogP contribution in [0.25, 0.3) is 0 Å². The molecule has 2 rings (SSSR count). The highest BCUT2D eigenvalue weighted by molar-refractivity contribution is 7.90. The molecule has 0 spiro atoms. The molecule has 0 saturated carbocycles. The molecule has 5 heteroatoms. The van der Waals surface area contributed by atoms with E-state index in [4.69, 9.17) is 0 Å². The van der Waals surface area contributed by atoms with Crippen molar-refractivity contribution in [2.24, 2.45) is 0 Å². The van der Waals surface area contributed by atoms with Crippen molar-refractivity contribution in [3.05, 3.63) is 29.8 Å². The number of rotatable bonds is 3. The zero-order valence-electron chi connectivity index (χ0n) is 12.5. The topological polar surface area (TPSA) is 49.4 Å². The van der Waals surface area contributed by atoms with E-state index in [1.165, 1.54) is 0 Å². The molecule has 1 fully saturated rings. The zero-order valence-corrected chi connectivity index (χ0v) is 13.3. The van der Waals surface area contributed by atoms with Gasteiger partial charge in [-0.05, 0) is 29.9 Å². The number of anilines is 1. The summed E-state index contributed by atoms with van der Waals surface area (Å²) in [5.41, 5.74) is 1.60. The summed E-state index contributed by atoms with van der Waals surface area (Å²) in [6.07, 6.45) is 3.01. The summed E-state index contributed by atoms with van der Waals surface area (Å²) >= 11 is 0. The Morgan fingerprint density at radius 1 is 1.05 bits per heavy atom. The maximum absolute atomic E-state index is 12.4. The second-order valence-corrected chi connectivity index (χ2v) is 8.03. The molecule has 0 atom stereocenters. The lowest BCUT2D eigenvalue weighted by atomic mass is 9.86. The summed E-state index contributed by atoms with van der Waals surface area (Å²) in [5.74, 6) is 0. The van der Waals surface area contributed by atoms with Gasteiger partial charge in [0, 0.05) is 13.1 Å². The van der Waals surface area contributed by atoms with E-state index in [0.29, 0.717) is 18.8 Å². The van der Waals surface area contributed by atoms with Crippen molar-refractivity contribution in [1.82, 2.24) is 4.31 Å². The van der Waals surface area contributed by atoms with E-state index in [1.807, 2.05) is 24.3 Å². The van der Waals surface area contributed by atoms with E-state index in [2.05, 4.69) is 25.5 Å². The van der Waals surface area contributed by atoms with Gasteiger partial charge in [0.1, 0.15) is 0 Å². The van der Waals surface area contributed by atoms with Gasteiger partial charge in [-0.25, -0.2) is 0 Å². The Balaban J connectivity index is 2.25. The first-order valence-corrected chi connectivity index (χ1v) is 8.62. The Hall–Kier alpha value is -1.07. The summed E-state index contributed by atoms with van der Waals surface area (Å²) in [4.78, 5) is 0. The number of piperidine rings is 1. The molecule has 0 aromatic heterocycles. The Kier molecular flexibility index (Phi) is 4.39. The molecule has 4 nitrogen and oxygen atoms in total. The standard InChI is InChI=1S/C15H24N2O2S/c1-15(2,3)13-9-5-6-10-14(13)16-20(18,19)17-11-7-4-8-12-17/h5-6,9-10,16H,4,7-8,11-12H2,1-3H3. The maximum atomic E-state index is 12.4. The van der Waals surface area contributed by atoms with Crippen LogP contribution in [0.1, 0.15) is 45.6 Å². The van der Waals surface area contributed by atoms with Crippen LogP contribution in [0, 0.1) is 0 Å². The Morgan fingerprint density at radius 3 is 2.25 bits per heavy atom. The highest BCUT2D eigenvalue weighted by atomic mass is 32.2. The fourth-order valence-corrected chi connectivity index (χ4v) is 3.86. The second kappa shape index (κ2) is 5.74. The van der Waals surface area contributed by atoms with Gasteiger partial charge >= 0.3 is 10.2 Å². The van der Waals surface area contributed by atoms with Gasteiger partial charge in [0.15, 0.2) is 0 Å². The minimum atomic E-state index is -3.44. The molecule has 20 heavy (non-hydrogen) atoms. The van der Waals surface area contributed by atoms with Crippen molar-refractivity contribution in [2.75, 3.05) is 17.8 Å². The van der Waals surface area contributed by atoms with Crippen molar-refractivity contribution < 1.29 is 8.42 Å². The Labute approximate surface area is 122 Å². The van der Waals surface area contributed by atoms with Crippen molar-refractivity contribution >= 4 is 15.9 Å². The number of hydrogen-bond donors (Lipinski definition) is 1. The normalized spacial score (nSPS) is 17.9. The predicted octanol–water partition coefficient (Wildman–Crippen LogP) is 3.13. The SMILES string of the molecule is CC(C)(C)c1ccccc1NS(=O)(=O)N1CCCCC1. The van der Waals surface area contributed by atoms with Crippen LogP contribution in [0.15, 0.2) is 24.3 Å². The molecule has 0 aliphatic carbocycles. The molecule has 0 amide bonds. The fourth-order valence-electron chi connectivity index (χ4n) is 2.53. The summed E-state index contributed by atoms with van der Waals surface area (Å²) in [5, 5.41) is 0. The largest absolute Gasteiger partial charge is 0.301 e. The molecule has 1 N–H and O–H groups in total. The Bertz CT molecular complexity index is 555. The van der Waals surface area contributed by atoms with Crippen molar-refractivity contribution in [3.8, 4) is 0 Å². The first-order chi connectivity index (χ1) is 9.31. The van der Waals surface area contributed by atoms with Crippen LogP contribution in [0.3, 0.4) is 0 Å². The molecular formula is C15H24N2O2S. The van der Waals surface area contributed by atoms with E-state index in [1.54, 1.807) is 4.31 Å². The van der Waals surface area contributed by atoms with Crippen molar-refractivity contribution in [3.63, 3.8) is 0 Å².